The number of nitrogens with zero attached hydrogens (tertiary/aromatic N) is 1. The van der Waals surface area contributed by atoms with E-state index in [4.69, 9.17) is 11.6 Å². The van der Waals surface area contributed by atoms with E-state index in [2.05, 4.69) is 21.2 Å². The van der Waals surface area contributed by atoms with Gasteiger partial charge in [-0.05, 0) is 34.1 Å². The normalized spacial score (nSPS) is 15.7. The summed E-state index contributed by atoms with van der Waals surface area (Å²) >= 11 is 9.04. The molecule has 1 fully saturated rings. The molecule has 0 saturated carbocycles. The third kappa shape index (κ3) is 1.85. The Balaban J connectivity index is 2.41. The van der Waals surface area contributed by atoms with Crippen LogP contribution < -0.4 is 10.2 Å². The van der Waals surface area contributed by atoms with Crippen molar-refractivity contribution in [3.63, 3.8) is 0 Å². The first kappa shape index (κ1) is 10.4. The second kappa shape index (κ2) is 3.83. The van der Waals surface area contributed by atoms with E-state index in [1.165, 1.54) is 0 Å². The highest BCUT2D eigenvalue weighted by Gasteiger charge is 2.30. The van der Waals surface area contributed by atoms with Gasteiger partial charge in [0.1, 0.15) is 0 Å². The van der Waals surface area contributed by atoms with Crippen LogP contribution in [0.5, 0.6) is 0 Å². The van der Waals surface area contributed by atoms with Crippen LogP contribution in [0.15, 0.2) is 22.7 Å². The minimum atomic E-state index is -0.408. The smallest absolute Gasteiger partial charge is 0.328 e. The molecule has 0 bridgehead atoms. The highest BCUT2D eigenvalue weighted by molar-refractivity contribution is 9.10. The number of anilines is 1. The molecule has 0 aliphatic carbocycles. The highest BCUT2D eigenvalue weighted by atomic mass is 79.9. The van der Waals surface area contributed by atoms with Crippen LogP contribution in [0.4, 0.5) is 10.5 Å². The molecule has 1 aromatic carbocycles. The first-order chi connectivity index (χ1) is 7.09. The molecule has 2 rings (SSSR count). The van der Waals surface area contributed by atoms with Gasteiger partial charge in [0.2, 0.25) is 0 Å². The molecule has 4 nitrogen and oxygen atoms in total. The predicted octanol–water partition coefficient (Wildman–Crippen LogP) is 2.16. The van der Waals surface area contributed by atoms with Crippen LogP contribution in [0.3, 0.4) is 0 Å². The monoisotopic (exact) mass is 288 g/mol. The van der Waals surface area contributed by atoms with Crippen molar-refractivity contribution in [2.45, 2.75) is 0 Å². The topological polar surface area (TPSA) is 49.4 Å². The number of carbonyl (C=O) groups is 2. The Morgan fingerprint density at radius 1 is 1.40 bits per heavy atom. The van der Waals surface area contributed by atoms with E-state index < -0.39 is 6.03 Å². The molecular formula is C9H6BrClN2O2. The largest absolute Gasteiger partial charge is 0.329 e. The summed E-state index contributed by atoms with van der Waals surface area (Å²) in [5.74, 6) is -0.269. The van der Waals surface area contributed by atoms with Gasteiger partial charge in [-0.25, -0.2) is 9.69 Å². The zero-order valence-corrected chi connectivity index (χ0v) is 9.80. The second-order valence-electron chi connectivity index (χ2n) is 2.99. The van der Waals surface area contributed by atoms with Gasteiger partial charge >= 0.3 is 6.03 Å². The van der Waals surface area contributed by atoms with Crippen LogP contribution in [0, 0.1) is 0 Å². The molecule has 78 valence electrons. The van der Waals surface area contributed by atoms with Crippen molar-refractivity contribution < 1.29 is 9.59 Å². The minimum absolute atomic E-state index is 0.0408. The lowest BCUT2D eigenvalue weighted by molar-refractivity contribution is -0.115. The van der Waals surface area contributed by atoms with Gasteiger partial charge in [0.25, 0.3) is 5.91 Å². The van der Waals surface area contributed by atoms with Gasteiger partial charge in [-0.1, -0.05) is 11.6 Å². The Morgan fingerprint density at radius 3 is 2.67 bits per heavy atom. The van der Waals surface area contributed by atoms with Crippen LogP contribution in [0.1, 0.15) is 0 Å². The summed E-state index contributed by atoms with van der Waals surface area (Å²) in [5.41, 5.74) is 0.506. The molecular weight excluding hydrogens is 283 g/mol. The summed E-state index contributed by atoms with van der Waals surface area (Å²) in [6.45, 7) is 0.0408. The van der Waals surface area contributed by atoms with E-state index in [9.17, 15) is 9.59 Å². The summed E-state index contributed by atoms with van der Waals surface area (Å²) in [6, 6.07) is 4.47. The van der Waals surface area contributed by atoms with Crippen molar-refractivity contribution in [2.24, 2.45) is 0 Å². The molecule has 0 unspecified atom stereocenters. The molecule has 0 aromatic heterocycles. The molecule has 1 aliphatic rings. The van der Waals surface area contributed by atoms with E-state index in [1.54, 1.807) is 18.2 Å². The average Bonchev–Trinajstić information content (AvgIpc) is 2.52. The van der Waals surface area contributed by atoms with Gasteiger partial charge in [-0.3, -0.25) is 4.79 Å². The molecule has 1 aromatic rings. The maximum Gasteiger partial charge on any atom is 0.329 e. The number of carbonyl (C=O) groups excluding carboxylic acids is 2. The number of nitrogens with one attached hydrogen (secondary N) is 1. The van der Waals surface area contributed by atoms with Gasteiger partial charge in [0, 0.05) is 4.47 Å². The summed E-state index contributed by atoms with van der Waals surface area (Å²) < 4.78 is 0.647. The van der Waals surface area contributed by atoms with E-state index in [1.807, 2.05) is 0 Å². The molecule has 0 radical (unpaired) electrons. The van der Waals surface area contributed by atoms with Crippen LogP contribution in [-0.4, -0.2) is 18.5 Å². The van der Waals surface area contributed by atoms with Crippen molar-refractivity contribution in [3.8, 4) is 0 Å². The molecule has 1 saturated heterocycles. The zero-order chi connectivity index (χ0) is 11.0. The Hall–Kier alpha value is -1.07. The highest BCUT2D eigenvalue weighted by Crippen LogP contribution is 2.28. The Kier molecular flexibility index (Phi) is 2.67. The Labute approximate surface area is 99.3 Å². The molecule has 1 heterocycles. The van der Waals surface area contributed by atoms with Crippen LogP contribution in [0.2, 0.25) is 5.02 Å². The molecule has 1 N–H and O–H groups in total. The summed E-state index contributed by atoms with van der Waals surface area (Å²) in [6.07, 6.45) is 0. The van der Waals surface area contributed by atoms with Gasteiger partial charge in [-0.2, -0.15) is 0 Å². The lowest BCUT2D eigenvalue weighted by Crippen LogP contribution is -2.30. The number of imide groups is 1. The lowest BCUT2D eigenvalue weighted by Gasteiger charge is -2.12. The minimum Gasteiger partial charge on any atom is -0.328 e. The summed E-state index contributed by atoms with van der Waals surface area (Å²) in [5, 5.41) is 2.97. The molecule has 0 spiro atoms. The molecule has 15 heavy (non-hydrogen) atoms. The number of benzene rings is 1. The van der Waals surface area contributed by atoms with Crippen molar-refractivity contribution in [3.05, 3.63) is 27.7 Å². The summed E-state index contributed by atoms with van der Waals surface area (Å²) in [7, 11) is 0. The van der Waals surface area contributed by atoms with Gasteiger partial charge in [0.05, 0.1) is 17.3 Å². The van der Waals surface area contributed by atoms with Crippen molar-refractivity contribution >= 4 is 45.2 Å². The number of rotatable bonds is 1. The fraction of sp³-hybridized carbons (Fsp3) is 0.111. The quantitative estimate of drug-likeness (QED) is 0.806. The van der Waals surface area contributed by atoms with E-state index >= 15 is 0 Å². The molecule has 3 amide bonds. The van der Waals surface area contributed by atoms with Gasteiger partial charge < -0.3 is 5.32 Å². The van der Waals surface area contributed by atoms with Gasteiger partial charge in [0.15, 0.2) is 0 Å². The maximum atomic E-state index is 11.4. The van der Waals surface area contributed by atoms with E-state index in [-0.39, 0.29) is 12.5 Å². The SMILES string of the molecule is O=C1CNC(=O)N1c1ccc(Cl)c(Br)c1. The Morgan fingerprint density at radius 2 is 2.13 bits per heavy atom. The first-order valence-corrected chi connectivity index (χ1v) is 5.32. The van der Waals surface area contributed by atoms with Crippen LogP contribution >= 0.6 is 27.5 Å². The molecule has 6 heteroatoms. The fourth-order valence-corrected chi connectivity index (χ4v) is 1.79. The standard InChI is InChI=1S/C9H6BrClN2O2/c10-6-3-5(1-2-7(6)11)13-8(14)4-12-9(13)15/h1-3H,4H2,(H,12,15). The average molecular weight is 290 g/mol. The second-order valence-corrected chi connectivity index (χ2v) is 4.25. The van der Waals surface area contributed by atoms with Crippen LogP contribution in [0.25, 0.3) is 0 Å². The third-order valence-corrected chi connectivity index (χ3v) is 3.22. The number of hydrogen-bond acceptors (Lipinski definition) is 2. The first-order valence-electron chi connectivity index (χ1n) is 4.15. The number of hydrogen-bond donors (Lipinski definition) is 1. The maximum absolute atomic E-state index is 11.4. The van der Waals surface area contributed by atoms with E-state index in [0.29, 0.717) is 15.2 Å². The number of amides is 3. The molecule has 0 atom stereocenters. The van der Waals surface area contributed by atoms with Crippen molar-refractivity contribution in [2.75, 3.05) is 11.4 Å². The predicted molar refractivity (Wildman–Crippen MR) is 60.0 cm³/mol. The lowest BCUT2D eigenvalue weighted by atomic mass is 10.3. The zero-order valence-electron chi connectivity index (χ0n) is 7.46. The van der Waals surface area contributed by atoms with Crippen LogP contribution in [-0.2, 0) is 4.79 Å². The summed E-state index contributed by atoms with van der Waals surface area (Å²) in [4.78, 5) is 23.8. The van der Waals surface area contributed by atoms with E-state index in [0.717, 1.165) is 4.90 Å². The number of urea groups is 1. The molecule has 1 aliphatic heterocycles. The fourth-order valence-electron chi connectivity index (χ4n) is 1.31. The van der Waals surface area contributed by atoms with Crippen molar-refractivity contribution in [1.29, 1.82) is 0 Å². The van der Waals surface area contributed by atoms with Gasteiger partial charge in [-0.15, -0.1) is 0 Å². The van der Waals surface area contributed by atoms with Crippen molar-refractivity contribution in [1.82, 2.24) is 5.32 Å². The Bertz CT molecular complexity index is 434. The number of halogens is 2. The third-order valence-electron chi connectivity index (χ3n) is 2.00.